The predicted octanol–water partition coefficient (Wildman–Crippen LogP) is 1.59. The lowest BCUT2D eigenvalue weighted by Crippen LogP contribution is -2.36. The lowest BCUT2D eigenvalue weighted by Gasteiger charge is -2.21. The van der Waals surface area contributed by atoms with Crippen molar-refractivity contribution in [3.05, 3.63) is 28.5 Å². The molecule has 1 aromatic rings. The van der Waals surface area contributed by atoms with Crippen molar-refractivity contribution in [2.24, 2.45) is 5.41 Å². The lowest BCUT2D eigenvalue weighted by atomic mass is 9.95. The Balaban J connectivity index is 2.64. The summed E-state index contributed by atoms with van der Waals surface area (Å²) in [5.41, 5.74) is 0.0351. The van der Waals surface area contributed by atoms with Crippen molar-refractivity contribution < 1.29 is 9.90 Å². The van der Waals surface area contributed by atoms with Crippen molar-refractivity contribution in [1.82, 2.24) is 10.3 Å². The molecule has 0 aliphatic carbocycles. The Morgan fingerprint density at radius 1 is 1.62 bits per heavy atom. The van der Waals surface area contributed by atoms with Gasteiger partial charge in [-0.15, -0.1) is 0 Å². The van der Waals surface area contributed by atoms with E-state index < -0.39 is 0 Å². The number of aromatic nitrogens is 1. The van der Waals surface area contributed by atoms with Gasteiger partial charge in [-0.1, -0.05) is 13.8 Å². The highest BCUT2D eigenvalue weighted by Gasteiger charge is 2.19. The van der Waals surface area contributed by atoms with Crippen LogP contribution in [-0.2, 0) is 0 Å². The van der Waals surface area contributed by atoms with E-state index in [1.54, 1.807) is 18.3 Å². The zero-order valence-electron chi connectivity index (χ0n) is 9.33. The van der Waals surface area contributed by atoms with Gasteiger partial charge >= 0.3 is 0 Å². The maximum Gasteiger partial charge on any atom is 0.271 e. The van der Waals surface area contributed by atoms with Crippen molar-refractivity contribution in [1.29, 1.82) is 0 Å². The summed E-state index contributed by atoms with van der Waals surface area (Å²) in [5.74, 6) is -0.242. The standard InChI is InChI=1S/C11H15BrN2O2/c1-11(2,7-15)6-14-10(16)9-8(12)4-3-5-13-9/h3-5,15H,6-7H2,1-2H3,(H,14,16). The molecule has 0 atom stereocenters. The molecule has 0 aliphatic rings. The zero-order chi connectivity index (χ0) is 12.2. The Kier molecular flexibility index (Phi) is 4.44. The van der Waals surface area contributed by atoms with Crippen LogP contribution in [0.2, 0.25) is 0 Å². The van der Waals surface area contributed by atoms with Gasteiger partial charge in [0.05, 0.1) is 0 Å². The number of aliphatic hydroxyl groups excluding tert-OH is 1. The SMILES string of the molecule is CC(C)(CO)CNC(=O)c1ncccc1Br. The summed E-state index contributed by atoms with van der Waals surface area (Å²) in [5, 5.41) is 11.8. The van der Waals surface area contributed by atoms with Gasteiger partial charge < -0.3 is 10.4 Å². The van der Waals surface area contributed by atoms with E-state index in [-0.39, 0.29) is 17.9 Å². The van der Waals surface area contributed by atoms with E-state index in [1.807, 2.05) is 13.8 Å². The van der Waals surface area contributed by atoms with Crippen LogP contribution in [0.5, 0.6) is 0 Å². The maximum absolute atomic E-state index is 11.7. The highest BCUT2D eigenvalue weighted by Crippen LogP contribution is 2.15. The van der Waals surface area contributed by atoms with E-state index >= 15 is 0 Å². The summed E-state index contributed by atoms with van der Waals surface area (Å²) >= 11 is 3.26. The number of hydrogen-bond donors (Lipinski definition) is 2. The third-order valence-corrected chi connectivity index (χ3v) is 2.77. The quantitative estimate of drug-likeness (QED) is 0.884. The van der Waals surface area contributed by atoms with Crippen LogP contribution in [0.3, 0.4) is 0 Å². The van der Waals surface area contributed by atoms with Gasteiger partial charge in [-0.3, -0.25) is 4.79 Å². The van der Waals surface area contributed by atoms with Crippen molar-refractivity contribution >= 4 is 21.8 Å². The first-order chi connectivity index (χ1) is 7.46. The Bertz CT molecular complexity index is 380. The molecule has 1 rings (SSSR count). The van der Waals surface area contributed by atoms with Gasteiger partial charge in [-0.05, 0) is 28.1 Å². The van der Waals surface area contributed by atoms with Gasteiger partial charge in [0.15, 0.2) is 0 Å². The smallest absolute Gasteiger partial charge is 0.271 e. The van der Waals surface area contributed by atoms with Gasteiger partial charge in [-0.25, -0.2) is 4.98 Å². The number of pyridine rings is 1. The van der Waals surface area contributed by atoms with Crippen molar-refractivity contribution in [2.75, 3.05) is 13.2 Å². The summed E-state index contributed by atoms with van der Waals surface area (Å²) in [4.78, 5) is 15.7. The fourth-order valence-electron chi connectivity index (χ4n) is 1.01. The highest BCUT2D eigenvalue weighted by atomic mass is 79.9. The second-order valence-electron chi connectivity index (χ2n) is 4.34. The van der Waals surface area contributed by atoms with E-state index in [1.165, 1.54) is 0 Å². The molecule has 0 spiro atoms. The molecule has 0 saturated carbocycles. The lowest BCUT2D eigenvalue weighted by molar-refractivity contribution is 0.0905. The van der Waals surface area contributed by atoms with Gasteiger partial charge in [-0.2, -0.15) is 0 Å². The number of amides is 1. The van der Waals surface area contributed by atoms with Crippen LogP contribution in [0.1, 0.15) is 24.3 Å². The van der Waals surface area contributed by atoms with Gasteiger partial charge in [0.25, 0.3) is 5.91 Å². The van der Waals surface area contributed by atoms with E-state index in [2.05, 4.69) is 26.2 Å². The number of carbonyl (C=O) groups excluding carboxylic acids is 1. The molecular weight excluding hydrogens is 272 g/mol. The largest absolute Gasteiger partial charge is 0.396 e. The molecule has 0 saturated heterocycles. The molecular formula is C11H15BrN2O2. The van der Waals surface area contributed by atoms with Crippen LogP contribution >= 0.6 is 15.9 Å². The second-order valence-corrected chi connectivity index (χ2v) is 5.19. The summed E-state index contributed by atoms with van der Waals surface area (Å²) in [6.45, 7) is 4.18. The first kappa shape index (κ1) is 13.1. The summed E-state index contributed by atoms with van der Waals surface area (Å²) in [6, 6.07) is 3.51. The molecule has 2 N–H and O–H groups in total. The van der Waals surface area contributed by atoms with Crippen molar-refractivity contribution in [3.63, 3.8) is 0 Å². The third-order valence-electron chi connectivity index (χ3n) is 2.13. The Hall–Kier alpha value is -0.940. The molecule has 0 unspecified atom stereocenters. The highest BCUT2D eigenvalue weighted by molar-refractivity contribution is 9.10. The molecule has 4 nitrogen and oxygen atoms in total. The molecule has 16 heavy (non-hydrogen) atoms. The minimum absolute atomic E-state index is 0.0245. The molecule has 0 bridgehead atoms. The molecule has 0 radical (unpaired) electrons. The second kappa shape index (κ2) is 5.41. The van der Waals surface area contributed by atoms with Crippen LogP contribution in [0.4, 0.5) is 0 Å². The average Bonchev–Trinajstić information content (AvgIpc) is 2.27. The fraction of sp³-hybridized carbons (Fsp3) is 0.455. The molecule has 0 aliphatic heterocycles. The number of halogens is 1. The average molecular weight is 287 g/mol. The van der Waals surface area contributed by atoms with Crippen LogP contribution in [-0.4, -0.2) is 29.1 Å². The number of rotatable bonds is 4. The first-order valence-electron chi connectivity index (χ1n) is 4.96. The molecule has 0 fully saturated rings. The van der Waals surface area contributed by atoms with Crippen LogP contribution < -0.4 is 5.32 Å². The van der Waals surface area contributed by atoms with Gasteiger partial charge in [0.2, 0.25) is 0 Å². The number of hydrogen-bond acceptors (Lipinski definition) is 3. The van der Waals surface area contributed by atoms with Gasteiger partial charge in [0.1, 0.15) is 5.69 Å². The number of nitrogens with one attached hydrogen (secondary N) is 1. The van der Waals surface area contributed by atoms with E-state index in [9.17, 15) is 4.79 Å². The minimum Gasteiger partial charge on any atom is -0.396 e. The Morgan fingerprint density at radius 3 is 2.88 bits per heavy atom. The van der Waals surface area contributed by atoms with Crippen molar-refractivity contribution in [3.8, 4) is 0 Å². The maximum atomic E-state index is 11.7. The fourth-order valence-corrected chi connectivity index (χ4v) is 1.45. The van der Waals surface area contributed by atoms with Crippen LogP contribution in [0.25, 0.3) is 0 Å². The minimum atomic E-state index is -0.323. The first-order valence-corrected chi connectivity index (χ1v) is 5.75. The third kappa shape index (κ3) is 3.57. The summed E-state index contributed by atoms with van der Waals surface area (Å²) in [6.07, 6.45) is 1.57. The molecule has 1 heterocycles. The molecule has 0 aromatic carbocycles. The summed E-state index contributed by atoms with van der Waals surface area (Å²) < 4.78 is 0.661. The van der Waals surface area contributed by atoms with Crippen LogP contribution in [0.15, 0.2) is 22.8 Å². The van der Waals surface area contributed by atoms with Crippen molar-refractivity contribution in [2.45, 2.75) is 13.8 Å². The Morgan fingerprint density at radius 2 is 2.31 bits per heavy atom. The molecule has 5 heteroatoms. The Labute approximate surface area is 103 Å². The monoisotopic (exact) mass is 286 g/mol. The molecule has 1 amide bonds. The van der Waals surface area contributed by atoms with Gasteiger partial charge in [0, 0.05) is 29.2 Å². The topological polar surface area (TPSA) is 62.2 Å². The molecule has 88 valence electrons. The number of carbonyl (C=O) groups is 1. The van der Waals surface area contributed by atoms with E-state index in [0.717, 1.165) is 0 Å². The summed E-state index contributed by atoms with van der Waals surface area (Å²) in [7, 11) is 0. The molecule has 1 aromatic heterocycles. The van der Waals surface area contributed by atoms with Crippen LogP contribution in [0, 0.1) is 5.41 Å². The zero-order valence-corrected chi connectivity index (χ0v) is 10.9. The number of nitrogens with zero attached hydrogens (tertiary/aromatic N) is 1. The normalized spacial score (nSPS) is 11.2. The number of aliphatic hydroxyl groups is 1. The van der Waals surface area contributed by atoms with E-state index in [4.69, 9.17) is 5.11 Å². The van der Waals surface area contributed by atoms with E-state index in [0.29, 0.717) is 16.7 Å². The predicted molar refractivity (Wildman–Crippen MR) is 65.1 cm³/mol.